The molecule has 1 aromatic heterocycles. The van der Waals surface area contributed by atoms with Crippen LogP contribution >= 0.6 is 34.2 Å². The highest BCUT2D eigenvalue weighted by molar-refractivity contribution is 14.1. The van der Waals surface area contributed by atoms with Crippen LogP contribution in [0.1, 0.15) is 5.82 Å². The SMILES string of the molecule is Cc1nc(Cl)nc(-c2cccc(I)c2)n1. The van der Waals surface area contributed by atoms with Gasteiger partial charge in [0.15, 0.2) is 5.82 Å². The first-order valence-electron chi connectivity index (χ1n) is 4.29. The first kappa shape index (κ1) is 10.8. The molecule has 2 rings (SSSR count). The smallest absolute Gasteiger partial charge is 0.213 e. The van der Waals surface area contributed by atoms with Gasteiger partial charge in [-0.25, -0.2) is 9.97 Å². The standard InChI is InChI=1S/C10H7ClIN3/c1-6-13-9(15-10(11)14-6)7-3-2-4-8(12)5-7/h2-5H,1H3. The van der Waals surface area contributed by atoms with Crippen molar-refractivity contribution in [3.8, 4) is 11.4 Å². The van der Waals surface area contributed by atoms with E-state index in [0.29, 0.717) is 11.6 Å². The molecule has 0 radical (unpaired) electrons. The van der Waals surface area contributed by atoms with Gasteiger partial charge in [-0.05, 0) is 53.2 Å². The largest absolute Gasteiger partial charge is 0.226 e. The van der Waals surface area contributed by atoms with Crippen LogP contribution in [-0.4, -0.2) is 15.0 Å². The summed E-state index contributed by atoms with van der Waals surface area (Å²) in [5.74, 6) is 1.25. The molecular formula is C10H7ClIN3. The van der Waals surface area contributed by atoms with Crippen LogP contribution in [0.5, 0.6) is 0 Å². The highest BCUT2D eigenvalue weighted by Gasteiger charge is 2.04. The van der Waals surface area contributed by atoms with E-state index in [9.17, 15) is 0 Å². The number of halogens is 2. The minimum Gasteiger partial charge on any atom is -0.213 e. The van der Waals surface area contributed by atoms with Crippen LogP contribution in [0.15, 0.2) is 24.3 Å². The van der Waals surface area contributed by atoms with E-state index < -0.39 is 0 Å². The zero-order chi connectivity index (χ0) is 10.8. The zero-order valence-corrected chi connectivity index (χ0v) is 10.8. The minimum absolute atomic E-state index is 0.233. The van der Waals surface area contributed by atoms with Gasteiger partial charge in [-0.2, -0.15) is 4.98 Å². The van der Waals surface area contributed by atoms with E-state index in [-0.39, 0.29) is 5.28 Å². The average molecular weight is 332 g/mol. The lowest BCUT2D eigenvalue weighted by Gasteiger charge is -2.01. The molecule has 3 nitrogen and oxygen atoms in total. The summed E-state index contributed by atoms with van der Waals surface area (Å²) in [4.78, 5) is 12.2. The maximum Gasteiger partial charge on any atom is 0.226 e. The van der Waals surface area contributed by atoms with Crippen molar-refractivity contribution in [3.63, 3.8) is 0 Å². The fraction of sp³-hybridized carbons (Fsp3) is 0.100. The lowest BCUT2D eigenvalue weighted by molar-refractivity contribution is 0.983. The molecule has 0 saturated carbocycles. The molecule has 0 unspecified atom stereocenters. The van der Waals surface area contributed by atoms with Gasteiger partial charge >= 0.3 is 0 Å². The monoisotopic (exact) mass is 331 g/mol. The van der Waals surface area contributed by atoms with Crippen LogP contribution in [0.2, 0.25) is 5.28 Å². The van der Waals surface area contributed by atoms with Crippen molar-refractivity contribution in [2.75, 3.05) is 0 Å². The number of rotatable bonds is 1. The summed E-state index contributed by atoms with van der Waals surface area (Å²) in [7, 11) is 0. The summed E-state index contributed by atoms with van der Waals surface area (Å²) in [6.45, 7) is 1.80. The third-order valence-electron chi connectivity index (χ3n) is 1.80. The van der Waals surface area contributed by atoms with E-state index in [0.717, 1.165) is 9.13 Å². The Kier molecular flexibility index (Phi) is 3.16. The highest BCUT2D eigenvalue weighted by Crippen LogP contribution is 2.18. The van der Waals surface area contributed by atoms with Crippen LogP contribution < -0.4 is 0 Å². The molecule has 76 valence electrons. The van der Waals surface area contributed by atoms with Gasteiger partial charge in [-0.3, -0.25) is 0 Å². The van der Waals surface area contributed by atoms with E-state index in [1.807, 2.05) is 24.3 Å². The van der Waals surface area contributed by atoms with Crippen molar-refractivity contribution in [1.82, 2.24) is 15.0 Å². The summed E-state index contributed by atoms with van der Waals surface area (Å²) >= 11 is 8.02. The van der Waals surface area contributed by atoms with Gasteiger partial charge in [0, 0.05) is 9.13 Å². The van der Waals surface area contributed by atoms with Crippen LogP contribution in [-0.2, 0) is 0 Å². The Morgan fingerprint density at radius 2 is 2.00 bits per heavy atom. The molecule has 0 aliphatic carbocycles. The van der Waals surface area contributed by atoms with Gasteiger partial charge in [0.1, 0.15) is 5.82 Å². The first-order chi connectivity index (χ1) is 7.15. The fourth-order valence-corrected chi connectivity index (χ4v) is 1.95. The Balaban J connectivity index is 2.54. The highest BCUT2D eigenvalue weighted by atomic mass is 127. The molecule has 0 amide bonds. The lowest BCUT2D eigenvalue weighted by atomic mass is 10.2. The Morgan fingerprint density at radius 1 is 1.20 bits per heavy atom. The van der Waals surface area contributed by atoms with Crippen LogP contribution in [0, 0.1) is 10.5 Å². The van der Waals surface area contributed by atoms with Gasteiger partial charge in [-0.15, -0.1) is 0 Å². The molecule has 1 heterocycles. The van der Waals surface area contributed by atoms with Gasteiger partial charge in [-0.1, -0.05) is 12.1 Å². The Hall–Kier alpha value is -0.750. The van der Waals surface area contributed by atoms with Gasteiger partial charge in [0.05, 0.1) is 0 Å². The summed E-state index contributed by atoms with van der Waals surface area (Å²) in [5.41, 5.74) is 0.953. The van der Waals surface area contributed by atoms with E-state index in [1.54, 1.807) is 6.92 Å². The maximum absolute atomic E-state index is 5.78. The normalized spacial score (nSPS) is 10.3. The summed E-state index contributed by atoms with van der Waals surface area (Å²) in [6.07, 6.45) is 0. The molecule has 0 saturated heterocycles. The predicted molar refractivity (Wildman–Crippen MR) is 67.7 cm³/mol. The molecule has 15 heavy (non-hydrogen) atoms. The summed E-state index contributed by atoms with van der Waals surface area (Å²) in [6, 6.07) is 7.93. The predicted octanol–water partition coefficient (Wildman–Crippen LogP) is 3.11. The fourth-order valence-electron chi connectivity index (χ4n) is 1.21. The molecule has 0 bridgehead atoms. The third-order valence-corrected chi connectivity index (χ3v) is 2.64. The zero-order valence-electron chi connectivity index (χ0n) is 7.91. The number of hydrogen-bond acceptors (Lipinski definition) is 3. The van der Waals surface area contributed by atoms with Gasteiger partial charge < -0.3 is 0 Å². The van der Waals surface area contributed by atoms with Crippen molar-refractivity contribution in [2.45, 2.75) is 6.92 Å². The van der Waals surface area contributed by atoms with E-state index in [4.69, 9.17) is 11.6 Å². The van der Waals surface area contributed by atoms with Crippen molar-refractivity contribution in [3.05, 3.63) is 38.9 Å². The second-order valence-corrected chi connectivity index (χ2v) is 4.57. The number of nitrogens with zero attached hydrogens (tertiary/aromatic N) is 3. The summed E-state index contributed by atoms with van der Waals surface area (Å²) in [5, 5.41) is 0.233. The summed E-state index contributed by atoms with van der Waals surface area (Å²) < 4.78 is 1.14. The minimum atomic E-state index is 0.233. The lowest BCUT2D eigenvalue weighted by Crippen LogP contribution is -1.96. The average Bonchev–Trinajstić information content (AvgIpc) is 2.16. The number of hydrogen-bond donors (Lipinski definition) is 0. The molecule has 0 N–H and O–H groups in total. The molecule has 0 spiro atoms. The second-order valence-electron chi connectivity index (χ2n) is 2.99. The first-order valence-corrected chi connectivity index (χ1v) is 5.75. The molecule has 0 aliphatic heterocycles. The van der Waals surface area contributed by atoms with Gasteiger partial charge in [0.25, 0.3) is 0 Å². The Bertz CT molecular complexity index is 482. The quantitative estimate of drug-likeness (QED) is 0.754. The molecule has 0 aliphatic rings. The Morgan fingerprint density at radius 3 is 2.67 bits per heavy atom. The topological polar surface area (TPSA) is 38.7 Å². The molecular weight excluding hydrogens is 324 g/mol. The third kappa shape index (κ3) is 2.63. The van der Waals surface area contributed by atoms with Gasteiger partial charge in [0.2, 0.25) is 5.28 Å². The van der Waals surface area contributed by atoms with E-state index in [2.05, 4.69) is 37.5 Å². The maximum atomic E-state index is 5.78. The van der Waals surface area contributed by atoms with E-state index >= 15 is 0 Å². The molecule has 2 aromatic rings. The second kappa shape index (κ2) is 4.40. The van der Waals surface area contributed by atoms with Crippen molar-refractivity contribution in [2.24, 2.45) is 0 Å². The van der Waals surface area contributed by atoms with E-state index in [1.165, 1.54) is 0 Å². The number of benzene rings is 1. The van der Waals surface area contributed by atoms with Crippen molar-refractivity contribution in [1.29, 1.82) is 0 Å². The van der Waals surface area contributed by atoms with Crippen LogP contribution in [0.3, 0.4) is 0 Å². The van der Waals surface area contributed by atoms with Crippen LogP contribution in [0.25, 0.3) is 11.4 Å². The number of aromatic nitrogens is 3. The number of aryl methyl sites for hydroxylation is 1. The molecule has 5 heteroatoms. The Labute approximate surface area is 106 Å². The van der Waals surface area contributed by atoms with Crippen molar-refractivity contribution < 1.29 is 0 Å². The molecule has 0 fully saturated rings. The molecule has 1 aromatic carbocycles. The van der Waals surface area contributed by atoms with Crippen molar-refractivity contribution >= 4 is 34.2 Å². The van der Waals surface area contributed by atoms with Crippen LogP contribution in [0.4, 0.5) is 0 Å². The molecule has 0 atom stereocenters.